The normalized spacial score (nSPS) is 11.4. The molecule has 6 nitrogen and oxygen atoms in total. The Kier molecular flexibility index (Phi) is 7.75. The van der Waals surface area contributed by atoms with Crippen LogP contribution in [0, 0.1) is 0 Å². The minimum atomic E-state index is -0.601. The molecule has 0 aliphatic heterocycles. The maximum Gasteiger partial charge on any atom is 0.379 e. The molecule has 0 aliphatic rings. The fraction of sp³-hybridized carbons (Fsp3) is 0.120. The summed E-state index contributed by atoms with van der Waals surface area (Å²) in [5.74, 6) is -0.305. The highest BCUT2D eigenvalue weighted by atomic mass is 79.9. The van der Waals surface area contributed by atoms with Crippen LogP contribution in [-0.2, 0) is 5.41 Å². The first-order chi connectivity index (χ1) is 16.6. The minimum absolute atomic E-state index is 0.107. The molecule has 0 bridgehead atoms. The zero-order valence-electron chi connectivity index (χ0n) is 18.2. The van der Waals surface area contributed by atoms with Crippen molar-refractivity contribution in [3.8, 4) is 11.5 Å². The van der Waals surface area contributed by atoms with Crippen molar-refractivity contribution < 1.29 is 27.9 Å². The molecule has 35 heavy (non-hydrogen) atoms. The van der Waals surface area contributed by atoms with E-state index in [9.17, 15) is 9.59 Å². The van der Waals surface area contributed by atoms with Gasteiger partial charge in [0.05, 0.1) is 30.4 Å². The maximum absolute atomic E-state index is 12.3. The molecule has 0 fully saturated rings. The topological polar surface area (TPSA) is 78.9 Å². The van der Waals surface area contributed by atoms with Gasteiger partial charge in [-0.05, 0) is 123 Å². The second-order valence-corrected chi connectivity index (χ2v) is 11.3. The highest BCUT2D eigenvalue weighted by Crippen LogP contribution is 2.44. The second kappa shape index (κ2) is 10.5. The van der Waals surface area contributed by atoms with Gasteiger partial charge in [-0.15, -0.1) is 0 Å². The molecule has 0 spiro atoms. The number of halogens is 4. The minimum Gasteiger partial charge on any atom is -0.457 e. The molecular weight excluding hydrogens is 716 g/mol. The van der Waals surface area contributed by atoms with E-state index in [1.54, 1.807) is 12.1 Å². The number of carbonyl (C=O) groups excluding carboxylic acids is 2. The Morgan fingerprint density at radius 1 is 0.686 bits per heavy atom. The van der Waals surface area contributed by atoms with Crippen LogP contribution in [0.2, 0.25) is 0 Å². The fourth-order valence-corrected chi connectivity index (χ4v) is 5.98. The van der Waals surface area contributed by atoms with E-state index in [1.165, 1.54) is 24.7 Å². The van der Waals surface area contributed by atoms with Gasteiger partial charge < -0.3 is 18.3 Å². The summed E-state index contributed by atoms with van der Waals surface area (Å²) in [6, 6.07) is 13.9. The van der Waals surface area contributed by atoms with Crippen molar-refractivity contribution in [3.63, 3.8) is 0 Å². The predicted molar refractivity (Wildman–Crippen MR) is 143 cm³/mol. The number of rotatable bonds is 6. The summed E-state index contributed by atoms with van der Waals surface area (Å²) in [7, 11) is 0. The summed E-state index contributed by atoms with van der Waals surface area (Å²) < 4.78 is 23.6. The molecule has 0 saturated carbocycles. The van der Waals surface area contributed by atoms with Crippen molar-refractivity contribution in [1.82, 2.24) is 0 Å². The Bertz CT molecular complexity index is 1240. The average Bonchev–Trinajstić information content (AvgIpc) is 3.52. The van der Waals surface area contributed by atoms with Gasteiger partial charge in [-0.3, -0.25) is 0 Å². The molecule has 2 aromatic carbocycles. The summed E-state index contributed by atoms with van der Waals surface area (Å²) in [4.78, 5) is 24.7. The molecule has 0 radical (unpaired) electrons. The lowest BCUT2D eigenvalue weighted by molar-refractivity contribution is 0.0690. The van der Waals surface area contributed by atoms with Crippen LogP contribution in [0.15, 0.2) is 87.8 Å². The molecule has 0 amide bonds. The quantitative estimate of drug-likeness (QED) is 0.146. The van der Waals surface area contributed by atoms with E-state index in [0.29, 0.717) is 29.4 Å². The van der Waals surface area contributed by atoms with E-state index in [-0.39, 0.29) is 11.5 Å². The molecule has 2 aromatic heterocycles. The molecule has 10 heteroatoms. The van der Waals surface area contributed by atoms with Gasteiger partial charge in [-0.2, -0.15) is 0 Å². The summed E-state index contributed by atoms with van der Waals surface area (Å²) in [6.07, 6.45) is 2.82. The summed E-state index contributed by atoms with van der Waals surface area (Å²) in [6.45, 7) is 4.11. The summed E-state index contributed by atoms with van der Waals surface area (Å²) >= 11 is 14.1. The maximum atomic E-state index is 12.3. The lowest BCUT2D eigenvalue weighted by atomic mass is 9.78. The van der Waals surface area contributed by atoms with Crippen LogP contribution in [0.3, 0.4) is 0 Å². The van der Waals surface area contributed by atoms with E-state index in [1.807, 2.05) is 24.3 Å². The van der Waals surface area contributed by atoms with E-state index < -0.39 is 17.4 Å². The highest BCUT2D eigenvalue weighted by Gasteiger charge is 2.28. The van der Waals surface area contributed by atoms with Crippen molar-refractivity contribution in [3.05, 3.63) is 102 Å². The van der Waals surface area contributed by atoms with Gasteiger partial charge in [-0.25, -0.2) is 9.59 Å². The van der Waals surface area contributed by atoms with Crippen molar-refractivity contribution in [2.75, 3.05) is 0 Å². The fourth-order valence-electron chi connectivity index (χ4n) is 3.28. The Balaban J connectivity index is 1.62. The largest absolute Gasteiger partial charge is 0.457 e. The lowest BCUT2D eigenvalue weighted by Gasteiger charge is -2.28. The third-order valence-electron chi connectivity index (χ3n) is 5.27. The van der Waals surface area contributed by atoms with Crippen molar-refractivity contribution in [2.45, 2.75) is 19.3 Å². The number of carbonyl (C=O) groups is 2. The average molecular weight is 732 g/mol. The number of hydrogen-bond acceptors (Lipinski definition) is 6. The van der Waals surface area contributed by atoms with Crippen molar-refractivity contribution in [1.29, 1.82) is 0 Å². The number of esters is 2. The van der Waals surface area contributed by atoms with E-state index in [0.717, 1.165) is 11.1 Å². The molecule has 4 aromatic rings. The molecule has 2 heterocycles. The Morgan fingerprint density at radius 2 is 1.03 bits per heavy atom. The lowest BCUT2D eigenvalue weighted by Crippen LogP contribution is -2.20. The SMILES string of the molecule is CC(C)(c1cc(Br)c(OC(=O)c2ccco2)c(Br)c1)c1cc(Br)c(OC(=O)c2ccco2)c(Br)c1. The molecular formula is C25H16Br4O6. The molecule has 0 saturated heterocycles. The first-order valence-electron chi connectivity index (χ1n) is 10.1. The van der Waals surface area contributed by atoms with E-state index >= 15 is 0 Å². The Labute approximate surface area is 234 Å². The molecule has 180 valence electrons. The summed E-state index contributed by atoms with van der Waals surface area (Å²) in [5, 5.41) is 0. The third kappa shape index (κ3) is 5.50. The zero-order chi connectivity index (χ0) is 25.3. The Morgan fingerprint density at radius 3 is 1.31 bits per heavy atom. The summed E-state index contributed by atoms with van der Waals surface area (Å²) in [5.41, 5.74) is 1.39. The van der Waals surface area contributed by atoms with Crippen LogP contribution in [0.5, 0.6) is 11.5 Å². The van der Waals surface area contributed by atoms with Crippen LogP contribution >= 0.6 is 63.7 Å². The zero-order valence-corrected chi connectivity index (χ0v) is 24.6. The monoisotopic (exact) mass is 728 g/mol. The van der Waals surface area contributed by atoms with Crippen LogP contribution < -0.4 is 9.47 Å². The molecule has 0 N–H and O–H groups in total. The van der Waals surface area contributed by atoms with E-state index in [2.05, 4.69) is 77.6 Å². The highest BCUT2D eigenvalue weighted by molar-refractivity contribution is 9.11. The van der Waals surface area contributed by atoms with Gasteiger partial charge in [0.1, 0.15) is 0 Å². The van der Waals surface area contributed by atoms with Gasteiger partial charge in [0.15, 0.2) is 11.5 Å². The van der Waals surface area contributed by atoms with Crippen LogP contribution in [-0.4, -0.2) is 11.9 Å². The number of benzene rings is 2. The second-order valence-electron chi connectivity index (χ2n) is 7.90. The molecule has 0 atom stereocenters. The smallest absolute Gasteiger partial charge is 0.379 e. The van der Waals surface area contributed by atoms with Gasteiger partial charge in [0, 0.05) is 5.41 Å². The predicted octanol–water partition coefficient (Wildman–Crippen LogP) is 8.69. The first-order valence-corrected chi connectivity index (χ1v) is 13.3. The third-order valence-corrected chi connectivity index (χ3v) is 7.63. The van der Waals surface area contributed by atoms with Crippen LogP contribution in [0.25, 0.3) is 0 Å². The number of ether oxygens (including phenoxy) is 2. The van der Waals surface area contributed by atoms with Gasteiger partial charge >= 0.3 is 11.9 Å². The van der Waals surface area contributed by atoms with Crippen LogP contribution in [0.4, 0.5) is 0 Å². The molecule has 0 unspecified atom stereocenters. The molecule has 4 rings (SSSR count). The van der Waals surface area contributed by atoms with Gasteiger partial charge in [0.25, 0.3) is 0 Å². The number of furan rings is 2. The van der Waals surface area contributed by atoms with Crippen LogP contribution in [0.1, 0.15) is 46.1 Å². The van der Waals surface area contributed by atoms with Gasteiger partial charge in [0.2, 0.25) is 11.5 Å². The van der Waals surface area contributed by atoms with Crippen molar-refractivity contribution in [2.24, 2.45) is 0 Å². The van der Waals surface area contributed by atoms with Crippen molar-refractivity contribution >= 4 is 75.7 Å². The first kappa shape index (κ1) is 25.9. The molecule has 0 aliphatic carbocycles. The standard InChI is InChI=1S/C25H16Br4O6/c1-25(2,13-9-15(26)21(16(27)10-13)34-23(30)19-5-3-7-32-19)14-11-17(28)22(18(29)12-14)35-24(31)20-6-4-8-33-20/h3-12H,1-2H3. The van der Waals surface area contributed by atoms with Gasteiger partial charge in [-0.1, -0.05) is 13.8 Å². The number of hydrogen-bond donors (Lipinski definition) is 0. The van der Waals surface area contributed by atoms with E-state index in [4.69, 9.17) is 18.3 Å². The Hall–Kier alpha value is -2.14.